The zero-order valence-electron chi connectivity index (χ0n) is 11.6. The maximum atomic E-state index is 2.44. The van der Waals surface area contributed by atoms with Gasteiger partial charge in [-0.3, -0.25) is 0 Å². The summed E-state index contributed by atoms with van der Waals surface area (Å²) in [5.74, 6) is 0.750. The molecule has 0 atom stereocenters. The molecule has 0 fully saturated rings. The van der Waals surface area contributed by atoms with Gasteiger partial charge in [0.15, 0.2) is 0 Å². The lowest BCUT2D eigenvalue weighted by molar-refractivity contribution is 0.644. The average molecular weight is 218 g/mol. The predicted molar refractivity (Wildman–Crippen MR) is 73.1 cm³/mol. The molecule has 1 rings (SSSR count). The number of hydrogen-bond donors (Lipinski definition) is 0. The van der Waals surface area contributed by atoms with Crippen LogP contribution in [0, 0.1) is 12.8 Å². The third-order valence-corrected chi connectivity index (χ3v) is 3.19. The summed E-state index contributed by atoms with van der Waals surface area (Å²) < 4.78 is 0. The van der Waals surface area contributed by atoms with E-state index in [-0.39, 0.29) is 0 Å². The van der Waals surface area contributed by atoms with Gasteiger partial charge in [-0.15, -0.1) is 0 Å². The molecule has 0 aromatic heterocycles. The van der Waals surface area contributed by atoms with Crippen molar-refractivity contribution in [2.75, 3.05) is 0 Å². The van der Waals surface area contributed by atoms with Crippen molar-refractivity contribution in [2.24, 2.45) is 5.92 Å². The number of aryl methyl sites for hydroxylation is 3. The Kier molecular flexibility index (Phi) is 5.05. The first kappa shape index (κ1) is 13.3. The Hall–Kier alpha value is -0.780. The minimum Gasteiger partial charge on any atom is -0.0651 e. The van der Waals surface area contributed by atoms with Crippen LogP contribution in [0.1, 0.15) is 56.4 Å². The molecule has 0 radical (unpaired) electrons. The fourth-order valence-electron chi connectivity index (χ4n) is 2.35. The zero-order chi connectivity index (χ0) is 12.1. The molecule has 0 nitrogen and oxygen atoms in total. The molecule has 0 unspecified atom stereocenters. The lowest BCUT2D eigenvalue weighted by Crippen LogP contribution is -2.01. The van der Waals surface area contributed by atoms with E-state index in [1.165, 1.54) is 31.2 Å². The molecule has 0 saturated carbocycles. The standard InChI is InChI=1S/C16H26/c1-6-8-15-10-13(5)16(9-12(3)4)11-14(15)7-2/h10-12H,6-9H2,1-5H3. The molecular weight excluding hydrogens is 192 g/mol. The molecule has 1 aromatic carbocycles. The van der Waals surface area contributed by atoms with Crippen molar-refractivity contribution < 1.29 is 0 Å². The number of rotatable bonds is 5. The second-order valence-corrected chi connectivity index (χ2v) is 5.25. The van der Waals surface area contributed by atoms with Crippen LogP contribution in [0.4, 0.5) is 0 Å². The van der Waals surface area contributed by atoms with Crippen LogP contribution in [0.15, 0.2) is 12.1 Å². The van der Waals surface area contributed by atoms with E-state index < -0.39 is 0 Å². The Morgan fingerprint density at radius 3 is 2.19 bits per heavy atom. The van der Waals surface area contributed by atoms with Crippen molar-refractivity contribution in [2.45, 2.75) is 60.3 Å². The van der Waals surface area contributed by atoms with E-state index in [1.54, 1.807) is 16.7 Å². The molecule has 0 aliphatic rings. The van der Waals surface area contributed by atoms with E-state index in [0.717, 1.165) is 5.92 Å². The summed E-state index contributed by atoms with van der Waals surface area (Å²) in [6.07, 6.45) is 4.86. The van der Waals surface area contributed by atoms with Gasteiger partial charge in [0.2, 0.25) is 0 Å². The highest BCUT2D eigenvalue weighted by Gasteiger charge is 2.07. The average Bonchev–Trinajstić information content (AvgIpc) is 2.21. The van der Waals surface area contributed by atoms with Crippen molar-refractivity contribution in [3.63, 3.8) is 0 Å². The van der Waals surface area contributed by atoms with Crippen LogP contribution in [0.5, 0.6) is 0 Å². The largest absolute Gasteiger partial charge is 0.0651 e. The minimum absolute atomic E-state index is 0.750. The normalized spacial score (nSPS) is 11.1. The number of hydrogen-bond acceptors (Lipinski definition) is 0. The van der Waals surface area contributed by atoms with E-state index in [9.17, 15) is 0 Å². The monoisotopic (exact) mass is 218 g/mol. The summed E-state index contributed by atoms with van der Waals surface area (Å²) in [6.45, 7) is 11.4. The Bertz CT molecular complexity index is 334. The highest BCUT2D eigenvalue weighted by Crippen LogP contribution is 2.21. The topological polar surface area (TPSA) is 0 Å². The molecule has 0 spiro atoms. The fraction of sp³-hybridized carbons (Fsp3) is 0.625. The van der Waals surface area contributed by atoms with Crippen LogP contribution in [0.25, 0.3) is 0 Å². The number of benzene rings is 1. The van der Waals surface area contributed by atoms with E-state index in [2.05, 4.69) is 46.8 Å². The summed E-state index contributed by atoms with van der Waals surface area (Å²) in [6, 6.07) is 4.86. The van der Waals surface area contributed by atoms with Gasteiger partial charge in [-0.2, -0.15) is 0 Å². The van der Waals surface area contributed by atoms with Crippen LogP contribution < -0.4 is 0 Å². The third kappa shape index (κ3) is 3.37. The summed E-state index contributed by atoms with van der Waals surface area (Å²) in [5.41, 5.74) is 6.15. The van der Waals surface area contributed by atoms with E-state index >= 15 is 0 Å². The van der Waals surface area contributed by atoms with Crippen molar-refractivity contribution >= 4 is 0 Å². The molecule has 0 N–H and O–H groups in total. The maximum absolute atomic E-state index is 2.44. The summed E-state index contributed by atoms with van der Waals surface area (Å²) in [4.78, 5) is 0. The Labute approximate surface area is 101 Å². The van der Waals surface area contributed by atoms with Gasteiger partial charge in [-0.25, -0.2) is 0 Å². The van der Waals surface area contributed by atoms with Gasteiger partial charge in [-0.1, -0.05) is 46.2 Å². The van der Waals surface area contributed by atoms with Gasteiger partial charge in [-0.05, 0) is 54.4 Å². The molecule has 0 saturated heterocycles. The second kappa shape index (κ2) is 6.08. The van der Waals surface area contributed by atoms with Gasteiger partial charge < -0.3 is 0 Å². The molecular formula is C16H26. The molecule has 0 heterocycles. The molecule has 0 bridgehead atoms. The van der Waals surface area contributed by atoms with E-state index in [1.807, 2.05) is 0 Å². The van der Waals surface area contributed by atoms with Gasteiger partial charge in [0, 0.05) is 0 Å². The smallest absolute Gasteiger partial charge is 0.0253 e. The van der Waals surface area contributed by atoms with Crippen LogP contribution in [0.3, 0.4) is 0 Å². The highest BCUT2D eigenvalue weighted by molar-refractivity contribution is 5.38. The van der Waals surface area contributed by atoms with Crippen molar-refractivity contribution in [3.05, 3.63) is 34.4 Å². The predicted octanol–water partition coefficient (Wildman–Crippen LogP) is 4.71. The van der Waals surface area contributed by atoms with Crippen molar-refractivity contribution in [3.8, 4) is 0 Å². The molecule has 0 heteroatoms. The van der Waals surface area contributed by atoms with Gasteiger partial charge in [0.25, 0.3) is 0 Å². The molecule has 0 amide bonds. The molecule has 90 valence electrons. The Morgan fingerprint density at radius 1 is 1.00 bits per heavy atom. The first-order valence-electron chi connectivity index (χ1n) is 6.69. The second-order valence-electron chi connectivity index (χ2n) is 5.25. The quantitative estimate of drug-likeness (QED) is 0.671. The third-order valence-electron chi connectivity index (χ3n) is 3.19. The lowest BCUT2D eigenvalue weighted by Gasteiger charge is -2.14. The van der Waals surface area contributed by atoms with E-state index in [4.69, 9.17) is 0 Å². The highest BCUT2D eigenvalue weighted by atomic mass is 14.1. The zero-order valence-corrected chi connectivity index (χ0v) is 11.6. The van der Waals surface area contributed by atoms with Crippen LogP contribution >= 0.6 is 0 Å². The van der Waals surface area contributed by atoms with E-state index in [0.29, 0.717) is 0 Å². The summed E-state index contributed by atoms with van der Waals surface area (Å²) in [7, 11) is 0. The van der Waals surface area contributed by atoms with Gasteiger partial charge in [0.05, 0.1) is 0 Å². The van der Waals surface area contributed by atoms with Crippen molar-refractivity contribution in [1.82, 2.24) is 0 Å². The van der Waals surface area contributed by atoms with Gasteiger partial charge >= 0.3 is 0 Å². The van der Waals surface area contributed by atoms with Gasteiger partial charge in [0.1, 0.15) is 0 Å². The Morgan fingerprint density at radius 2 is 1.69 bits per heavy atom. The SMILES string of the molecule is CCCc1cc(C)c(CC(C)C)cc1CC. The lowest BCUT2D eigenvalue weighted by atomic mass is 9.91. The molecule has 1 aromatic rings. The molecule has 16 heavy (non-hydrogen) atoms. The van der Waals surface area contributed by atoms with Crippen LogP contribution in [0.2, 0.25) is 0 Å². The Balaban J connectivity index is 3.04. The molecule has 0 aliphatic carbocycles. The minimum atomic E-state index is 0.750. The summed E-state index contributed by atoms with van der Waals surface area (Å²) >= 11 is 0. The first-order valence-corrected chi connectivity index (χ1v) is 6.69. The van der Waals surface area contributed by atoms with Crippen LogP contribution in [-0.2, 0) is 19.3 Å². The van der Waals surface area contributed by atoms with Crippen molar-refractivity contribution in [1.29, 1.82) is 0 Å². The molecule has 0 aliphatic heterocycles. The fourth-order valence-corrected chi connectivity index (χ4v) is 2.35. The maximum Gasteiger partial charge on any atom is -0.0253 e. The van der Waals surface area contributed by atoms with Crippen LogP contribution in [-0.4, -0.2) is 0 Å². The first-order chi connectivity index (χ1) is 7.58. The summed E-state index contributed by atoms with van der Waals surface area (Å²) in [5, 5.41) is 0.